The SMILES string of the molecule is CC(C)(C)CC=C(C=Cc1ccccc1)C(=O)O. The molecule has 0 fully saturated rings. The van der Waals surface area contributed by atoms with Crippen molar-refractivity contribution < 1.29 is 9.90 Å². The molecule has 2 heteroatoms. The van der Waals surface area contributed by atoms with Crippen molar-refractivity contribution in [2.75, 3.05) is 0 Å². The maximum Gasteiger partial charge on any atom is 0.335 e. The van der Waals surface area contributed by atoms with Crippen molar-refractivity contribution >= 4 is 12.0 Å². The number of hydrogen-bond acceptors (Lipinski definition) is 1. The molecule has 1 aromatic rings. The third kappa shape index (κ3) is 5.48. The highest BCUT2D eigenvalue weighted by molar-refractivity contribution is 5.91. The first-order valence-corrected chi connectivity index (χ1v) is 6.05. The first-order valence-electron chi connectivity index (χ1n) is 6.05. The second-order valence-electron chi connectivity index (χ2n) is 5.47. The van der Waals surface area contributed by atoms with Gasteiger partial charge >= 0.3 is 5.97 Å². The summed E-state index contributed by atoms with van der Waals surface area (Å²) < 4.78 is 0. The lowest BCUT2D eigenvalue weighted by atomic mass is 9.91. The number of carbonyl (C=O) groups is 1. The van der Waals surface area contributed by atoms with Crippen molar-refractivity contribution in [3.8, 4) is 0 Å². The minimum absolute atomic E-state index is 0.0985. The van der Waals surface area contributed by atoms with Gasteiger partial charge in [0.15, 0.2) is 0 Å². The van der Waals surface area contributed by atoms with Crippen LogP contribution >= 0.6 is 0 Å². The number of hydrogen-bond donors (Lipinski definition) is 1. The van der Waals surface area contributed by atoms with Gasteiger partial charge in [-0.1, -0.05) is 63.3 Å². The van der Waals surface area contributed by atoms with Crippen LogP contribution < -0.4 is 0 Å². The van der Waals surface area contributed by atoms with E-state index in [-0.39, 0.29) is 5.41 Å². The molecule has 0 heterocycles. The molecule has 0 aromatic heterocycles. The quantitative estimate of drug-likeness (QED) is 0.638. The molecule has 0 atom stereocenters. The molecule has 96 valence electrons. The van der Waals surface area contributed by atoms with E-state index < -0.39 is 5.97 Å². The number of allylic oxidation sites excluding steroid dienone is 1. The number of benzene rings is 1. The summed E-state index contributed by atoms with van der Waals surface area (Å²) in [6, 6.07) is 9.68. The molecule has 0 saturated heterocycles. The fraction of sp³-hybridized carbons (Fsp3) is 0.312. The van der Waals surface area contributed by atoms with Gasteiger partial charge in [0.2, 0.25) is 0 Å². The highest BCUT2D eigenvalue weighted by atomic mass is 16.4. The van der Waals surface area contributed by atoms with Crippen molar-refractivity contribution in [3.63, 3.8) is 0 Å². The van der Waals surface area contributed by atoms with Crippen LogP contribution in [-0.4, -0.2) is 11.1 Å². The summed E-state index contributed by atoms with van der Waals surface area (Å²) in [7, 11) is 0. The molecule has 0 unspecified atom stereocenters. The van der Waals surface area contributed by atoms with E-state index in [1.165, 1.54) is 0 Å². The highest BCUT2D eigenvalue weighted by Gasteiger charge is 2.10. The molecule has 1 rings (SSSR count). The van der Waals surface area contributed by atoms with Crippen LogP contribution in [0.25, 0.3) is 6.08 Å². The van der Waals surface area contributed by atoms with Gasteiger partial charge in [-0.15, -0.1) is 0 Å². The molecule has 0 saturated carbocycles. The van der Waals surface area contributed by atoms with E-state index >= 15 is 0 Å². The van der Waals surface area contributed by atoms with Crippen molar-refractivity contribution in [1.82, 2.24) is 0 Å². The zero-order valence-electron chi connectivity index (χ0n) is 11.2. The lowest BCUT2D eigenvalue weighted by molar-refractivity contribution is -0.132. The van der Waals surface area contributed by atoms with Crippen LogP contribution in [0.4, 0.5) is 0 Å². The molecule has 0 aliphatic heterocycles. The van der Waals surface area contributed by atoms with Crippen LogP contribution in [0.1, 0.15) is 32.8 Å². The van der Waals surface area contributed by atoms with Gasteiger partial charge in [0.05, 0.1) is 5.57 Å². The van der Waals surface area contributed by atoms with Crippen LogP contribution in [-0.2, 0) is 4.79 Å². The first-order chi connectivity index (χ1) is 8.38. The third-order valence-electron chi connectivity index (χ3n) is 2.44. The van der Waals surface area contributed by atoms with Crippen LogP contribution in [0, 0.1) is 5.41 Å². The molecule has 0 aliphatic carbocycles. The summed E-state index contributed by atoms with van der Waals surface area (Å²) in [6.07, 6.45) is 6.00. The maximum atomic E-state index is 11.1. The number of rotatable bonds is 4. The normalized spacial score (nSPS) is 12.9. The van der Waals surface area contributed by atoms with Crippen LogP contribution in [0.3, 0.4) is 0 Å². The summed E-state index contributed by atoms with van der Waals surface area (Å²) >= 11 is 0. The highest BCUT2D eigenvalue weighted by Crippen LogP contribution is 2.20. The summed E-state index contributed by atoms with van der Waals surface area (Å²) in [5.41, 5.74) is 1.44. The molecular formula is C16H20O2. The van der Waals surface area contributed by atoms with E-state index in [1.54, 1.807) is 12.2 Å². The summed E-state index contributed by atoms with van der Waals surface area (Å²) in [6.45, 7) is 6.26. The molecule has 2 nitrogen and oxygen atoms in total. The predicted octanol–water partition coefficient (Wildman–Crippen LogP) is 4.15. The lowest BCUT2D eigenvalue weighted by Crippen LogP contribution is -2.05. The van der Waals surface area contributed by atoms with Crippen molar-refractivity contribution in [1.29, 1.82) is 0 Å². The topological polar surface area (TPSA) is 37.3 Å². The van der Waals surface area contributed by atoms with Crippen molar-refractivity contribution in [2.24, 2.45) is 5.41 Å². The van der Waals surface area contributed by atoms with Crippen LogP contribution in [0.5, 0.6) is 0 Å². The molecule has 0 amide bonds. The summed E-state index contributed by atoms with van der Waals surface area (Å²) in [5.74, 6) is -0.883. The van der Waals surface area contributed by atoms with Gasteiger partial charge in [0.25, 0.3) is 0 Å². The van der Waals surface area contributed by atoms with E-state index in [0.717, 1.165) is 12.0 Å². The Morgan fingerprint density at radius 1 is 1.22 bits per heavy atom. The molecule has 0 aliphatic rings. The Labute approximate surface area is 109 Å². The standard InChI is InChI=1S/C16H20O2/c1-16(2,3)12-11-14(15(17)18)10-9-13-7-5-4-6-8-13/h4-11H,12H2,1-3H3,(H,17,18). The average Bonchev–Trinajstić information content (AvgIpc) is 2.28. The maximum absolute atomic E-state index is 11.1. The zero-order chi connectivity index (χ0) is 13.6. The lowest BCUT2D eigenvalue weighted by Gasteiger charge is -2.14. The van der Waals surface area contributed by atoms with Gasteiger partial charge in [-0.25, -0.2) is 4.79 Å². The first kappa shape index (κ1) is 14.2. The Bertz CT molecular complexity index is 448. The molecule has 1 N–H and O–H groups in total. The number of carboxylic acid groups (broad SMARTS) is 1. The predicted molar refractivity (Wildman–Crippen MR) is 75.3 cm³/mol. The largest absolute Gasteiger partial charge is 0.478 e. The molecule has 0 spiro atoms. The van der Waals surface area contributed by atoms with Crippen LogP contribution in [0.15, 0.2) is 48.1 Å². The summed E-state index contributed by atoms with van der Waals surface area (Å²) in [5, 5.41) is 9.13. The van der Waals surface area contributed by atoms with Gasteiger partial charge in [0, 0.05) is 0 Å². The Kier molecular flexibility index (Phi) is 4.90. The third-order valence-corrected chi connectivity index (χ3v) is 2.44. The fourth-order valence-electron chi connectivity index (χ4n) is 1.39. The van der Waals surface area contributed by atoms with E-state index in [2.05, 4.69) is 20.8 Å². The Hall–Kier alpha value is -1.83. The minimum Gasteiger partial charge on any atom is -0.478 e. The van der Waals surface area contributed by atoms with E-state index in [0.29, 0.717) is 5.57 Å². The summed E-state index contributed by atoms with van der Waals surface area (Å²) in [4.78, 5) is 11.1. The van der Waals surface area contributed by atoms with Gasteiger partial charge < -0.3 is 5.11 Å². The molecule has 18 heavy (non-hydrogen) atoms. The van der Waals surface area contributed by atoms with Gasteiger partial charge in [0.1, 0.15) is 0 Å². The van der Waals surface area contributed by atoms with Gasteiger partial charge in [-0.3, -0.25) is 0 Å². The monoisotopic (exact) mass is 244 g/mol. The second-order valence-corrected chi connectivity index (χ2v) is 5.47. The van der Waals surface area contributed by atoms with E-state index in [9.17, 15) is 4.79 Å². The number of aliphatic carboxylic acids is 1. The Balaban J connectivity index is 2.82. The smallest absolute Gasteiger partial charge is 0.335 e. The van der Waals surface area contributed by atoms with Gasteiger partial charge in [-0.2, -0.15) is 0 Å². The molecule has 0 radical (unpaired) electrons. The van der Waals surface area contributed by atoms with Crippen molar-refractivity contribution in [2.45, 2.75) is 27.2 Å². The molecule has 0 bridgehead atoms. The Morgan fingerprint density at radius 3 is 2.33 bits per heavy atom. The minimum atomic E-state index is -0.883. The molecular weight excluding hydrogens is 224 g/mol. The van der Waals surface area contributed by atoms with Crippen LogP contribution in [0.2, 0.25) is 0 Å². The fourth-order valence-corrected chi connectivity index (χ4v) is 1.39. The number of carboxylic acids is 1. The zero-order valence-corrected chi connectivity index (χ0v) is 11.2. The van der Waals surface area contributed by atoms with E-state index in [1.807, 2.05) is 36.4 Å². The second kappa shape index (κ2) is 6.20. The molecule has 1 aromatic carbocycles. The van der Waals surface area contributed by atoms with E-state index in [4.69, 9.17) is 5.11 Å². The Morgan fingerprint density at radius 2 is 1.83 bits per heavy atom. The average molecular weight is 244 g/mol. The van der Waals surface area contributed by atoms with Gasteiger partial charge in [-0.05, 0) is 23.5 Å². The van der Waals surface area contributed by atoms with Crippen molar-refractivity contribution in [3.05, 3.63) is 53.6 Å².